The van der Waals surface area contributed by atoms with Gasteiger partial charge in [0.15, 0.2) is 0 Å². The van der Waals surface area contributed by atoms with Crippen LogP contribution in [0.4, 0.5) is 0 Å². The number of aromatic nitrogens is 4. The fraction of sp³-hybridized carbons (Fsp3) is 0.286. The van der Waals surface area contributed by atoms with Gasteiger partial charge in [-0.2, -0.15) is 0 Å². The molecule has 18 heavy (non-hydrogen) atoms. The van der Waals surface area contributed by atoms with Crippen molar-refractivity contribution in [2.75, 3.05) is 0 Å². The van der Waals surface area contributed by atoms with Crippen molar-refractivity contribution in [3.8, 4) is 0 Å². The van der Waals surface area contributed by atoms with Crippen LogP contribution in [0.3, 0.4) is 0 Å². The molecule has 4 heteroatoms. The molecule has 0 atom stereocenters. The Morgan fingerprint density at radius 3 is 2.83 bits per heavy atom. The Morgan fingerprint density at radius 2 is 2.06 bits per heavy atom. The highest BCUT2D eigenvalue weighted by Crippen LogP contribution is 2.15. The van der Waals surface area contributed by atoms with Gasteiger partial charge in [0.05, 0.1) is 11.0 Å². The highest BCUT2D eigenvalue weighted by Gasteiger charge is 2.07. The Bertz CT molecular complexity index is 678. The van der Waals surface area contributed by atoms with E-state index in [0.717, 1.165) is 30.1 Å². The molecular weight excluding hydrogens is 224 g/mol. The van der Waals surface area contributed by atoms with Crippen LogP contribution in [0.15, 0.2) is 36.7 Å². The molecule has 0 saturated heterocycles. The highest BCUT2D eigenvalue weighted by molar-refractivity contribution is 5.75. The van der Waals surface area contributed by atoms with Gasteiger partial charge in [-0.05, 0) is 19.1 Å². The van der Waals surface area contributed by atoms with E-state index in [4.69, 9.17) is 0 Å². The summed E-state index contributed by atoms with van der Waals surface area (Å²) in [7, 11) is 2.03. The standard InChI is InChI=1S/C14H16N4/c1-11-16-12-5-3-4-6-13(12)18(11)9-7-14-15-8-10-17(14)2/h3-6,8,10H,7,9H2,1-2H3. The van der Waals surface area contributed by atoms with Gasteiger partial charge in [0, 0.05) is 32.4 Å². The third kappa shape index (κ3) is 1.79. The van der Waals surface area contributed by atoms with Crippen molar-refractivity contribution in [1.82, 2.24) is 19.1 Å². The largest absolute Gasteiger partial charge is 0.338 e. The van der Waals surface area contributed by atoms with Crippen molar-refractivity contribution >= 4 is 11.0 Å². The molecule has 0 bridgehead atoms. The molecule has 0 aliphatic heterocycles. The van der Waals surface area contributed by atoms with Crippen LogP contribution in [0, 0.1) is 6.92 Å². The number of fused-ring (bicyclic) bond motifs is 1. The van der Waals surface area contributed by atoms with E-state index in [-0.39, 0.29) is 0 Å². The molecule has 0 N–H and O–H groups in total. The fourth-order valence-electron chi connectivity index (χ4n) is 2.33. The van der Waals surface area contributed by atoms with Crippen molar-refractivity contribution in [1.29, 1.82) is 0 Å². The van der Waals surface area contributed by atoms with E-state index in [9.17, 15) is 0 Å². The molecular formula is C14H16N4. The fourth-order valence-corrected chi connectivity index (χ4v) is 2.33. The molecule has 0 unspecified atom stereocenters. The lowest BCUT2D eigenvalue weighted by atomic mass is 10.3. The maximum Gasteiger partial charge on any atom is 0.110 e. The Balaban J connectivity index is 1.91. The van der Waals surface area contributed by atoms with E-state index < -0.39 is 0 Å². The summed E-state index contributed by atoms with van der Waals surface area (Å²) >= 11 is 0. The van der Waals surface area contributed by atoms with Gasteiger partial charge in [0.25, 0.3) is 0 Å². The van der Waals surface area contributed by atoms with Crippen molar-refractivity contribution < 1.29 is 0 Å². The zero-order valence-electron chi connectivity index (χ0n) is 10.7. The van der Waals surface area contributed by atoms with E-state index in [0.29, 0.717) is 0 Å². The Morgan fingerprint density at radius 1 is 1.22 bits per heavy atom. The van der Waals surface area contributed by atoms with Crippen LogP contribution in [0.5, 0.6) is 0 Å². The van der Waals surface area contributed by atoms with Gasteiger partial charge < -0.3 is 9.13 Å². The minimum absolute atomic E-state index is 0.914. The van der Waals surface area contributed by atoms with Crippen LogP contribution in [0.25, 0.3) is 11.0 Å². The molecule has 3 rings (SSSR count). The summed E-state index contributed by atoms with van der Waals surface area (Å²) in [4.78, 5) is 8.93. The van der Waals surface area contributed by atoms with Crippen molar-refractivity contribution in [3.05, 3.63) is 48.3 Å². The second kappa shape index (κ2) is 4.29. The van der Waals surface area contributed by atoms with Gasteiger partial charge >= 0.3 is 0 Å². The van der Waals surface area contributed by atoms with Crippen LogP contribution >= 0.6 is 0 Å². The van der Waals surface area contributed by atoms with Crippen molar-refractivity contribution in [3.63, 3.8) is 0 Å². The van der Waals surface area contributed by atoms with Gasteiger partial charge in [0.1, 0.15) is 11.6 Å². The molecule has 0 spiro atoms. The zero-order valence-corrected chi connectivity index (χ0v) is 10.7. The summed E-state index contributed by atoms with van der Waals surface area (Å²) in [5.74, 6) is 2.16. The molecule has 92 valence electrons. The molecule has 0 saturated carbocycles. The number of hydrogen-bond donors (Lipinski definition) is 0. The number of imidazole rings is 2. The topological polar surface area (TPSA) is 35.6 Å². The lowest BCUT2D eigenvalue weighted by Crippen LogP contribution is -2.07. The summed E-state index contributed by atoms with van der Waals surface area (Å²) in [6, 6.07) is 8.26. The second-order valence-electron chi connectivity index (χ2n) is 4.50. The molecule has 2 aromatic heterocycles. The maximum atomic E-state index is 4.57. The quantitative estimate of drug-likeness (QED) is 0.704. The minimum Gasteiger partial charge on any atom is -0.338 e. The number of benzene rings is 1. The zero-order chi connectivity index (χ0) is 12.5. The predicted molar refractivity (Wildman–Crippen MR) is 71.4 cm³/mol. The van der Waals surface area contributed by atoms with Gasteiger partial charge in [-0.15, -0.1) is 0 Å². The third-order valence-electron chi connectivity index (χ3n) is 3.33. The Hall–Kier alpha value is -2.10. The molecule has 0 radical (unpaired) electrons. The molecule has 2 heterocycles. The van der Waals surface area contributed by atoms with E-state index >= 15 is 0 Å². The monoisotopic (exact) mass is 240 g/mol. The van der Waals surface area contributed by atoms with Gasteiger partial charge in [0.2, 0.25) is 0 Å². The van der Waals surface area contributed by atoms with E-state index in [2.05, 4.69) is 44.2 Å². The molecule has 0 aliphatic carbocycles. The summed E-state index contributed by atoms with van der Waals surface area (Å²) in [5.41, 5.74) is 2.26. The number of nitrogens with zero attached hydrogens (tertiary/aromatic N) is 4. The summed E-state index contributed by atoms with van der Waals surface area (Å²) < 4.78 is 4.32. The molecule has 1 aromatic carbocycles. The summed E-state index contributed by atoms with van der Waals surface area (Å²) in [6.07, 6.45) is 4.74. The Kier molecular flexibility index (Phi) is 2.63. The first-order chi connectivity index (χ1) is 8.75. The van der Waals surface area contributed by atoms with Crippen LogP contribution in [-0.4, -0.2) is 19.1 Å². The summed E-state index contributed by atoms with van der Waals surface area (Å²) in [5, 5.41) is 0. The molecule has 3 aromatic rings. The van der Waals surface area contributed by atoms with E-state index in [1.54, 1.807) is 0 Å². The average Bonchev–Trinajstić information content (AvgIpc) is 2.90. The van der Waals surface area contributed by atoms with Gasteiger partial charge in [-0.25, -0.2) is 9.97 Å². The maximum absolute atomic E-state index is 4.57. The minimum atomic E-state index is 0.914. The van der Waals surface area contributed by atoms with Gasteiger partial charge in [-0.3, -0.25) is 0 Å². The smallest absolute Gasteiger partial charge is 0.110 e. The van der Waals surface area contributed by atoms with Crippen LogP contribution in [0.1, 0.15) is 11.6 Å². The second-order valence-corrected chi connectivity index (χ2v) is 4.50. The molecule has 4 nitrogen and oxygen atoms in total. The average molecular weight is 240 g/mol. The molecule has 0 amide bonds. The lowest BCUT2D eigenvalue weighted by molar-refractivity contribution is 0.649. The molecule has 0 aliphatic rings. The Labute approximate surface area is 106 Å². The van der Waals surface area contributed by atoms with Crippen LogP contribution < -0.4 is 0 Å². The SMILES string of the molecule is Cc1nc2ccccc2n1CCc1nccn1C. The van der Waals surface area contributed by atoms with Crippen molar-refractivity contribution in [2.45, 2.75) is 19.9 Å². The number of hydrogen-bond acceptors (Lipinski definition) is 2. The highest BCUT2D eigenvalue weighted by atomic mass is 15.1. The van der Waals surface area contributed by atoms with E-state index in [1.807, 2.05) is 25.5 Å². The number of rotatable bonds is 3. The first-order valence-corrected chi connectivity index (χ1v) is 6.14. The number of para-hydroxylation sites is 2. The summed E-state index contributed by atoms with van der Waals surface area (Å²) in [6.45, 7) is 2.97. The van der Waals surface area contributed by atoms with Crippen LogP contribution in [0.2, 0.25) is 0 Å². The first kappa shape index (κ1) is 11.0. The predicted octanol–water partition coefficient (Wildman–Crippen LogP) is 2.32. The van der Waals surface area contributed by atoms with E-state index in [1.165, 1.54) is 5.52 Å². The third-order valence-corrected chi connectivity index (χ3v) is 3.33. The first-order valence-electron chi connectivity index (χ1n) is 6.14. The van der Waals surface area contributed by atoms with Crippen LogP contribution in [-0.2, 0) is 20.0 Å². The number of aryl methyl sites for hydroxylation is 4. The van der Waals surface area contributed by atoms with Gasteiger partial charge in [-0.1, -0.05) is 12.1 Å². The normalized spacial score (nSPS) is 11.2. The molecule has 0 fully saturated rings. The van der Waals surface area contributed by atoms with Crippen molar-refractivity contribution in [2.24, 2.45) is 7.05 Å². The lowest BCUT2D eigenvalue weighted by Gasteiger charge is -2.06.